The van der Waals surface area contributed by atoms with Crippen molar-refractivity contribution in [1.29, 1.82) is 0 Å². The number of aliphatic carboxylic acids is 1. The Labute approximate surface area is 96.4 Å². The Hall–Kier alpha value is -1.10. The molecular weight excluding hydrogens is 208 g/mol. The van der Waals surface area contributed by atoms with Crippen LogP contribution in [0.5, 0.6) is 0 Å². The molecule has 0 aromatic carbocycles. The highest BCUT2D eigenvalue weighted by Gasteiger charge is 2.28. The van der Waals surface area contributed by atoms with Crippen LogP contribution < -0.4 is 11.1 Å². The van der Waals surface area contributed by atoms with Gasteiger partial charge in [-0.3, -0.25) is 9.59 Å². The minimum atomic E-state index is -0.888. The van der Waals surface area contributed by atoms with Gasteiger partial charge in [-0.05, 0) is 19.8 Å². The Morgan fingerprint density at radius 3 is 2.19 bits per heavy atom. The molecule has 16 heavy (non-hydrogen) atoms. The third kappa shape index (κ3) is 4.18. The van der Waals surface area contributed by atoms with Crippen LogP contribution in [0.2, 0.25) is 0 Å². The second-order valence-electron chi connectivity index (χ2n) is 4.99. The van der Waals surface area contributed by atoms with Crippen molar-refractivity contribution in [2.75, 3.05) is 13.1 Å². The number of carboxylic acids is 1. The molecule has 0 aromatic rings. The molecule has 0 bridgehead atoms. The van der Waals surface area contributed by atoms with E-state index in [2.05, 4.69) is 5.32 Å². The SMILES string of the molecule is CC(C)C(CNC(=O)C(C)(C)CN)C(=O)O. The minimum absolute atomic E-state index is 0.0150. The van der Waals surface area contributed by atoms with E-state index in [0.29, 0.717) is 0 Å². The number of hydrogen-bond acceptors (Lipinski definition) is 3. The largest absolute Gasteiger partial charge is 0.481 e. The second kappa shape index (κ2) is 5.84. The van der Waals surface area contributed by atoms with E-state index in [4.69, 9.17) is 10.8 Å². The highest BCUT2D eigenvalue weighted by atomic mass is 16.4. The first-order valence-electron chi connectivity index (χ1n) is 5.43. The molecule has 0 aromatic heterocycles. The van der Waals surface area contributed by atoms with Gasteiger partial charge < -0.3 is 16.2 Å². The Morgan fingerprint density at radius 1 is 1.38 bits per heavy atom. The number of carboxylic acid groups (broad SMARTS) is 1. The first kappa shape index (κ1) is 14.9. The van der Waals surface area contributed by atoms with Crippen LogP contribution >= 0.6 is 0 Å². The summed E-state index contributed by atoms with van der Waals surface area (Å²) in [7, 11) is 0. The molecule has 0 radical (unpaired) electrons. The summed E-state index contributed by atoms with van der Waals surface area (Å²) in [6.45, 7) is 7.48. The van der Waals surface area contributed by atoms with Crippen molar-refractivity contribution >= 4 is 11.9 Å². The van der Waals surface area contributed by atoms with E-state index < -0.39 is 17.3 Å². The highest BCUT2D eigenvalue weighted by Crippen LogP contribution is 2.14. The summed E-state index contributed by atoms with van der Waals surface area (Å²) in [6.07, 6.45) is 0. The quantitative estimate of drug-likeness (QED) is 0.617. The van der Waals surface area contributed by atoms with Gasteiger partial charge >= 0.3 is 5.97 Å². The summed E-state index contributed by atoms with van der Waals surface area (Å²) in [6, 6.07) is 0. The molecule has 0 rings (SSSR count). The van der Waals surface area contributed by atoms with Crippen LogP contribution in [0.25, 0.3) is 0 Å². The van der Waals surface area contributed by atoms with Crippen LogP contribution in [0.15, 0.2) is 0 Å². The monoisotopic (exact) mass is 230 g/mol. The van der Waals surface area contributed by atoms with Crippen molar-refractivity contribution < 1.29 is 14.7 Å². The molecule has 0 saturated carbocycles. The zero-order valence-electron chi connectivity index (χ0n) is 10.4. The standard InChI is InChI=1S/C11H22N2O3/c1-7(2)8(9(14)15)5-13-10(16)11(3,4)6-12/h7-8H,5-6,12H2,1-4H3,(H,13,16)(H,14,15). The Kier molecular flexibility index (Phi) is 5.44. The molecule has 0 fully saturated rings. The molecule has 4 N–H and O–H groups in total. The van der Waals surface area contributed by atoms with E-state index in [-0.39, 0.29) is 24.9 Å². The number of rotatable bonds is 6. The zero-order valence-corrected chi connectivity index (χ0v) is 10.4. The maximum absolute atomic E-state index is 11.7. The van der Waals surface area contributed by atoms with Gasteiger partial charge in [-0.25, -0.2) is 0 Å². The lowest BCUT2D eigenvalue weighted by Gasteiger charge is -2.23. The molecule has 5 heteroatoms. The molecule has 5 nitrogen and oxygen atoms in total. The summed E-state index contributed by atoms with van der Waals surface area (Å²) in [5.74, 6) is -1.67. The second-order valence-corrected chi connectivity index (χ2v) is 4.99. The lowest BCUT2D eigenvalue weighted by Crippen LogP contribution is -2.45. The fourth-order valence-electron chi connectivity index (χ4n) is 1.14. The van der Waals surface area contributed by atoms with E-state index in [0.717, 1.165) is 0 Å². The molecule has 1 atom stereocenters. The Balaban J connectivity index is 4.33. The zero-order chi connectivity index (χ0) is 12.9. The average Bonchev–Trinajstić information content (AvgIpc) is 2.16. The van der Waals surface area contributed by atoms with Gasteiger partial charge in [0.05, 0.1) is 11.3 Å². The molecule has 1 unspecified atom stereocenters. The van der Waals surface area contributed by atoms with Gasteiger partial charge in [-0.2, -0.15) is 0 Å². The van der Waals surface area contributed by atoms with Gasteiger partial charge in [0.1, 0.15) is 0 Å². The number of nitrogens with one attached hydrogen (secondary N) is 1. The average molecular weight is 230 g/mol. The minimum Gasteiger partial charge on any atom is -0.481 e. The number of hydrogen-bond donors (Lipinski definition) is 3. The van der Waals surface area contributed by atoms with Gasteiger partial charge in [0.2, 0.25) is 5.91 Å². The van der Waals surface area contributed by atoms with Crippen molar-refractivity contribution in [1.82, 2.24) is 5.32 Å². The van der Waals surface area contributed by atoms with Crippen LogP contribution in [-0.2, 0) is 9.59 Å². The summed E-state index contributed by atoms with van der Waals surface area (Å²) in [5.41, 5.74) is 4.80. The predicted molar refractivity (Wildman–Crippen MR) is 61.8 cm³/mol. The summed E-state index contributed by atoms with van der Waals surface area (Å²) < 4.78 is 0. The smallest absolute Gasteiger partial charge is 0.308 e. The third-order valence-electron chi connectivity index (χ3n) is 2.73. The van der Waals surface area contributed by atoms with Crippen molar-refractivity contribution in [3.63, 3.8) is 0 Å². The van der Waals surface area contributed by atoms with E-state index in [1.54, 1.807) is 13.8 Å². The molecule has 0 aliphatic heterocycles. The Bertz CT molecular complexity index is 262. The molecule has 0 saturated heterocycles. The van der Waals surface area contributed by atoms with Crippen molar-refractivity contribution in [2.24, 2.45) is 23.0 Å². The summed E-state index contributed by atoms with van der Waals surface area (Å²) in [5, 5.41) is 11.6. The maximum Gasteiger partial charge on any atom is 0.308 e. The van der Waals surface area contributed by atoms with Crippen molar-refractivity contribution in [3.05, 3.63) is 0 Å². The van der Waals surface area contributed by atoms with E-state index in [1.807, 2.05) is 13.8 Å². The van der Waals surface area contributed by atoms with Crippen molar-refractivity contribution in [3.8, 4) is 0 Å². The highest BCUT2D eigenvalue weighted by molar-refractivity contribution is 5.82. The first-order valence-corrected chi connectivity index (χ1v) is 5.43. The van der Waals surface area contributed by atoms with Crippen molar-refractivity contribution in [2.45, 2.75) is 27.7 Å². The van der Waals surface area contributed by atoms with E-state index in [1.165, 1.54) is 0 Å². The summed E-state index contributed by atoms with van der Waals surface area (Å²) >= 11 is 0. The van der Waals surface area contributed by atoms with Crippen LogP contribution in [0.3, 0.4) is 0 Å². The number of nitrogens with two attached hydrogens (primary N) is 1. The molecule has 1 amide bonds. The molecule has 0 spiro atoms. The van der Waals surface area contributed by atoms with Gasteiger partial charge in [0, 0.05) is 13.1 Å². The lowest BCUT2D eigenvalue weighted by atomic mass is 9.91. The topological polar surface area (TPSA) is 92.4 Å². The van der Waals surface area contributed by atoms with Gasteiger partial charge in [-0.1, -0.05) is 13.8 Å². The molecule has 0 heterocycles. The molecule has 0 aliphatic rings. The van der Waals surface area contributed by atoms with Crippen LogP contribution in [0.4, 0.5) is 0 Å². The molecular formula is C11H22N2O3. The third-order valence-corrected chi connectivity index (χ3v) is 2.73. The first-order chi connectivity index (χ1) is 7.22. The fraction of sp³-hybridized carbons (Fsp3) is 0.818. The molecule has 0 aliphatic carbocycles. The number of carbonyl (C=O) groups is 2. The van der Waals surface area contributed by atoms with Gasteiger partial charge in [-0.15, -0.1) is 0 Å². The van der Waals surface area contributed by atoms with Crippen LogP contribution in [-0.4, -0.2) is 30.1 Å². The van der Waals surface area contributed by atoms with Gasteiger partial charge in [0.15, 0.2) is 0 Å². The van der Waals surface area contributed by atoms with E-state index in [9.17, 15) is 9.59 Å². The van der Waals surface area contributed by atoms with Crippen LogP contribution in [0.1, 0.15) is 27.7 Å². The van der Waals surface area contributed by atoms with Gasteiger partial charge in [0.25, 0.3) is 0 Å². The number of carbonyl (C=O) groups excluding carboxylic acids is 1. The normalized spacial score (nSPS) is 13.6. The number of amides is 1. The molecule has 94 valence electrons. The van der Waals surface area contributed by atoms with E-state index >= 15 is 0 Å². The maximum atomic E-state index is 11.7. The summed E-state index contributed by atoms with van der Waals surface area (Å²) in [4.78, 5) is 22.6. The fourth-order valence-corrected chi connectivity index (χ4v) is 1.14. The lowest BCUT2D eigenvalue weighted by molar-refractivity contribution is -0.143. The van der Waals surface area contributed by atoms with Crippen LogP contribution in [0, 0.1) is 17.3 Å². The predicted octanol–water partition coefficient (Wildman–Crippen LogP) is 0.444. The Morgan fingerprint density at radius 2 is 1.88 bits per heavy atom.